The summed E-state index contributed by atoms with van der Waals surface area (Å²) < 4.78 is 0. The van der Waals surface area contributed by atoms with E-state index >= 15 is 0 Å². The van der Waals surface area contributed by atoms with Crippen LogP contribution in [0.15, 0.2) is 24.3 Å². The molecule has 0 bridgehead atoms. The molecule has 2 N–H and O–H groups in total. The van der Waals surface area contributed by atoms with Crippen molar-refractivity contribution in [1.82, 2.24) is 5.32 Å². The number of carboxylic acid groups (broad SMARTS) is 1. The minimum absolute atomic E-state index is 0.0903. The van der Waals surface area contributed by atoms with Crippen molar-refractivity contribution in [3.8, 4) is 0 Å². The standard InChI is InChI=1S/C12H17NO3/c1-2-3-8-10(12(15)16)13-11(14)9-6-4-5-7-9/h2-5,9-10H,6-8H2,1H3,(H,13,14)(H,15,16)/b3-2+. The van der Waals surface area contributed by atoms with E-state index in [4.69, 9.17) is 5.11 Å². The van der Waals surface area contributed by atoms with E-state index in [9.17, 15) is 9.59 Å². The van der Waals surface area contributed by atoms with Crippen molar-refractivity contribution in [2.24, 2.45) is 5.92 Å². The van der Waals surface area contributed by atoms with Gasteiger partial charge < -0.3 is 10.4 Å². The Balaban J connectivity index is 2.47. The SMILES string of the molecule is C/C=C/CC(NC(=O)C1CC=CC1)C(=O)O. The van der Waals surface area contributed by atoms with Crippen LogP contribution in [0, 0.1) is 5.92 Å². The van der Waals surface area contributed by atoms with Gasteiger partial charge >= 0.3 is 5.97 Å². The molecule has 0 aromatic heterocycles. The number of rotatable bonds is 5. The fourth-order valence-electron chi connectivity index (χ4n) is 1.61. The lowest BCUT2D eigenvalue weighted by atomic mass is 10.1. The molecule has 4 heteroatoms. The molecule has 0 aromatic rings. The van der Waals surface area contributed by atoms with Gasteiger partial charge in [-0.15, -0.1) is 0 Å². The first kappa shape index (κ1) is 12.5. The van der Waals surface area contributed by atoms with Crippen molar-refractivity contribution in [2.75, 3.05) is 0 Å². The fourth-order valence-corrected chi connectivity index (χ4v) is 1.61. The van der Waals surface area contributed by atoms with Gasteiger partial charge in [-0.2, -0.15) is 0 Å². The summed E-state index contributed by atoms with van der Waals surface area (Å²) >= 11 is 0. The van der Waals surface area contributed by atoms with Crippen molar-refractivity contribution in [1.29, 1.82) is 0 Å². The molecule has 0 saturated heterocycles. The molecule has 4 nitrogen and oxygen atoms in total. The minimum Gasteiger partial charge on any atom is -0.480 e. The van der Waals surface area contributed by atoms with Gasteiger partial charge in [0.1, 0.15) is 6.04 Å². The molecule has 0 radical (unpaired) electrons. The fraction of sp³-hybridized carbons (Fsp3) is 0.500. The first-order valence-electron chi connectivity index (χ1n) is 5.44. The molecule has 1 amide bonds. The molecule has 0 aromatic carbocycles. The first-order chi connectivity index (χ1) is 7.65. The van der Waals surface area contributed by atoms with Gasteiger partial charge in [0.15, 0.2) is 0 Å². The van der Waals surface area contributed by atoms with Crippen molar-refractivity contribution < 1.29 is 14.7 Å². The lowest BCUT2D eigenvalue weighted by molar-refractivity contribution is -0.142. The Bertz CT molecular complexity index is 312. The Hall–Kier alpha value is -1.58. The van der Waals surface area contributed by atoms with Crippen molar-refractivity contribution >= 4 is 11.9 Å². The van der Waals surface area contributed by atoms with Crippen LogP contribution in [-0.2, 0) is 9.59 Å². The normalized spacial score (nSPS) is 17.8. The molecule has 0 spiro atoms. The van der Waals surface area contributed by atoms with E-state index in [1.54, 1.807) is 12.2 Å². The van der Waals surface area contributed by atoms with Gasteiger partial charge in [0.25, 0.3) is 0 Å². The lowest BCUT2D eigenvalue weighted by Crippen LogP contribution is -2.42. The number of hydrogen-bond acceptors (Lipinski definition) is 2. The Morgan fingerprint density at radius 2 is 2.12 bits per heavy atom. The van der Waals surface area contributed by atoms with E-state index < -0.39 is 12.0 Å². The van der Waals surface area contributed by atoms with E-state index in [0.29, 0.717) is 19.3 Å². The Morgan fingerprint density at radius 1 is 1.50 bits per heavy atom. The highest BCUT2D eigenvalue weighted by molar-refractivity contribution is 5.85. The molecule has 1 unspecified atom stereocenters. The van der Waals surface area contributed by atoms with Gasteiger partial charge in [-0.3, -0.25) is 4.79 Å². The van der Waals surface area contributed by atoms with E-state index in [-0.39, 0.29) is 11.8 Å². The number of aliphatic carboxylic acids is 1. The summed E-state index contributed by atoms with van der Waals surface area (Å²) in [6.07, 6.45) is 9.17. The highest BCUT2D eigenvalue weighted by Crippen LogP contribution is 2.17. The van der Waals surface area contributed by atoms with Crippen LogP contribution in [0.3, 0.4) is 0 Å². The zero-order chi connectivity index (χ0) is 12.0. The third-order valence-electron chi connectivity index (χ3n) is 2.60. The predicted molar refractivity (Wildman–Crippen MR) is 60.9 cm³/mol. The molecular formula is C12H17NO3. The van der Waals surface area contributed by atoms with Crippen molar-refractivity contribution in [3.05, 3.63) is 24.3 Å². The molecule has 1 aliphatic carbocycles. The van der Waals surface area contributed by atoms with Crippen LogP contribution >= 0.6 is 0 Å². The summed E-state index contributed by atoms with van der Waals surface area (Å²) in [5.41, 5.74) is 0. The second kappa shape index (κ2) is 6.10. The maximum atomic E-state index is 11.7. The second-order valence-electron chi connectivity index (χ2n) is 3.84. The molecule has 1 rings (SSSR count). The smallest absolute Gasteiger partial charge is 0.326 e. The van der Waals surface area contributed by atoms with Crippen LogP contribution in [0.25, 0.3) is 0 Å². The molecule has 0 saturated carbocycles. The third-order valence-corrected chi connectivity index (χ3v) is 2.60. The van der Waals surface area contributed by atoms with Crippen molar-refractivity contribution in [2.45, 2.75) is 32.2 Å². The summed E-state index contributed by atoms with van der Waals surface area (Å²) in [7, 11) is 0. The number of carbonyl (C=O) groups excluding carboxylic acids is 1. The zero-order valence-corrected chi connectivity index (χ0v) is 9.35. The molecule has 0 fully saturated rings. The van der Waals surface area contributed by atoms with Gasteiger partial charge in [0.05, 0.1) is 0 Å². The Labute approximate surface area is 95.0 Å². The summed E-state index contributed by atoms with van der Waals surface area (Å²) in [6, 6.07) is -0.815. The average molecular weight is 223 g/mol. The summed E-state index contributed by atoms with van der Waals surface area (Å²) in [5, 5.41) is 11.5. The number of nitrogens with one attached hydrogen (secondary N) is 1. The summed E-state index contributed by atoms with van der Waals surface area (Å²) in [6.45, 7) is 1.82. The molecule has 0 heterocycles. The maximum absolute atomic E-state index is 11.7. The van der Waals surface area contributed by atoms with Crippen LogP contribution in [0.4, 0.5) is 0 Å². The van der Waals surface area contributed by atoms with Crippen LogP contribution in [-0.4, -0.2) is 23.0 Å². The summed E-state index contributed by atoms with van der Waals surface area (Å²) in [5.74, 6) is -1.24. The first-order valence-corrected chi connectivity index (χ1v) is 5.44. The highest BCUT2D eigenvalue weighted by Gasteiger charge is 2.24. The zero-order valence-electron chi connectivity index (χ0n) is 9.35. The van der Waals surface area contributed by atoms with Gasteiger partial charge in [0.2, 0.25) is 5.91 Å². The van der Waals surface area contributed by atoms with Gasteiger partial charge in [-0.1, -0.05) is 24.3 Å². The molecule has 0 aliphatic heterocycles. The van der Waals surface area contributed by atoms with E-state index in [0.717, 1.165) is 0 Å². The van der Waals surface area contributed by atoms with E-state index in [2.05, 4.69) is 5.32 Å². The minimum atomic E-state index is -0.989. The molecule has 16 heavy (non-hydrogen) atoms. The third kappa shape index (κ3) is 3.53. The molecule has 1 aliphatic rings. The number of carbonyl (C=O) groups is 2. The highest BCUT2D eigenvalue weighted by atomic mass is 16.4. The van der Waals surface area contributed by atoms with E-state index in [1.807, 2.05) is 19.1 Å². The number of carboxylic acids is 1. The summed E-state index contributed by atoms with van der Waals surface area (Å²) in [4.78, 5) is 22.6. The van der Waals surface area contributed by atoms with Crippen LogP contribution < -0.4 is 5.32 Å². The Kier molecular flexibility index (Phi) is 4.76. The van der Waals surface area contributed by atoms with Gasteiger partial charge in [0, 0.05) is 5.92 Å². The topological polar surface area (TPSA) is 66.4 Å². The quantitative estimate of drug-likeness (QED) is 0.694. The van der Waals surface area contributed by atoms with E-state index in [1.165, 1.54) is 0 Å². The second-order valence-corrected chi connectivity index (χ2v) is 3.84. The van der Waals surface area contributed by atoms with Gasteiger partial charge in [-0.25, -0.2) is 4.79 Å². The Morgan fingerprint density at radius 3 is 2.62 bits per heavy atom. The monoisotopic (exact) mass is 223 g/mol. The van der Waals surface area contributed by atoms with Crippen LogP contribution in [0.5, 0.6) is 0 Å². The van der Waals surface area contributed by atoms with Gasteiger partial charge in [-0.05, 0) is 26.2 Å². The molecule has 88 valence electrons. The lowest BCUT2D eigenvalue weighted by Gasteiger charge is -2.15. The average Bonchev–Trinajstić information content (AvgIpc) is 2.76. The largest absolute Gasteiger partial charge is 0.480 e. The molecule has 1 atom stereocenters. The maximum Gasteiger partial charge on any atom is 0.326 e. The molecular weight excluding hydrogens is 206 g/mol. The number of hydrogen-bond donors (Lipinski definition) is 2. The van der Waals surface area contributed by atoms with Crippen LogP contribution in [0.1, 0.15) is 26.2 Å². The number of amides is 1. The van der Waals surface area contributed by atoms with Crippen LogP contribution in [0.2, 0.25) is 0 Å². The van der Waals surface area contributed by atoms with Crippen molar-refractivity contribution in [3.63, 3.8) is 0 Å². The number of allylic oxidation sites excluding steroid dienone is 3. The predicted octanol–water partition coefficient (Wildman–Crippen LogP) is 1.49.